The van der Waals surface area contributed by atoms with Gasteiger partial charge in [-0.05, 0) is 42.3 Å². The van der Waals surface area contributed by atoms with Crippen molar-refractivity contribution < 1.29 is 19.7 Å². The van der Waals surface area contributed by atoms with E-state index in [1.807, 2.05) is 0 Å². The first-order valence-electron chi connectivity index (χ1n) is 6.37. The summed E-state index contributed by atoms with van der Waals surface area (Å²) < 4.78 is 5.80. The second-order valence-electron chi connectivity index (χ2n) is 4.93. The van der Waals surface area contributed by atoms with E-state index in [2.05, 4.69) is 0 Å². The Hall–Kier alpha value is -2.49. The molecule has 2 aromatic rings. The lowest BCUT2D eigenvalue weighted by Crippen LogP contribution is -2.20. The molecular weight excluding hydrogens is 256 g/mol. The summed E-state index contributed by atoms with van der Waals surface area (Å²) in [5.41, 5.74) is 1.82. The number of hydrogen-bond donors (Lipinski definition) is 2. The molecule has 1 aliphatic rings. The molecule has 0 saturated carbocycles. The Morgan fingerprint density at radius 1 is 1.15 bits per heavy atom. The molecule has 2 aromatic carbocycles. The van der Waals surface area contributed by atoms with Gasteiger partial charge in [-0.3, -0.25) is 4.79 Å². The molecule has 4 heteroatoms. The summed E-state index contributed by atoms with van der Waals surface area (Å²) in [4.78, 5) is 12.2. The third-order valence-electron chi connectivity index (χ3n) is 3.52. The standard InChI is InChI=1S/C16H14O4/c1-9-7-10(5-6-11(9)17)15-8-13(19)16-12(18)3-2-4-14(16)20-15/h2-7,15,17-18H,8H2,1H3. The summed E-state index contributed by atoms with van der Waals surface area (Å²) >= 11 is 0. The highest BCUT2D eigenvalue weighted by molar-refractivity contribution is 6.02. The Labute approximate surface area is 116 Å². The fraction of sp³-hybridized carbons (Fsp3) is 0.188. The van der Waals surface area contributed by atoms with Crippen molar-refractivity contribution in [3.05, 3.63) is 53.1 Å². The minimum atomic E-state index is -0.393. The van der Waals surface area contributed by atoms with Crippen LogP contribution in [0.25, 0.3) is 0 Å². The third-order valence-corrected chi connectivity index (χ3v) is 3.52. The van der Waals surface area contributed by atoms with Crippen molar-refractivity contribution in [3.63, 3.8) is 0 Å². The molecule has 0 fully saturated rings. The van der Waals surface area contributed by atoms with Gasteiger partial charge in [-0.2, -0.15) is 0 Å². The van der Waals surface area contributed by atoms with Crippen molar-refractivity contribution in [1.29, 1.82) is 0 Å². The number of Topliss-reactive ketones (excluding diaryl/α,β-unsaturated/α-hetero) is 1. The number of ketones is 1. The van der Waals surface area contributed by atoms with Gasteiger partial charge in [-0.1, -0.05) is 12.1 Å². The van der Waals surface area contributed by atoms with Crippen LogP contribution in [0.4, 0.5) is 0 Å². The smallest absolute Gasteiger partial charge is 0.174 e. The number of aryl methyl sites for hydroxylation is 1. The first kappa shape index (κ1) is 12.5. The first-order chi connectivity index (χ1) is 9.56. The molecule has 0 saturated heterocycles. The van der Waals surface area contributed by atoms with Crippen LogP contribution in [0.1, 0.15) is 34.0 Å². The van der Waals surface area contributed by atoms with E-state index in [4.69, 9.17) is 4.74 Å². The van der Waals surface area contributed by atoms with Gasteiger partial charge in [0.05, 0.1) is 6.42 Å². The van der Waals surface area contributed by atoms with Crippen molar-refractivity contribution in [2.24, 2.45) is 0 Å². The minimum absolute atomic E-state index is 0.0483. The number of aromatic hydroxyl groups is 2. The van der Waals surface area contributed by atoms with Gasteiger partial charge in [0.25, 0.3) is 0 Å². The molecule has 1 heterocycles. The number of fused-ring (bicyclic) bond motifs is 1. The highest BCUT2D eigenvalue weighted by atomic mass is 16.5. The molecule has 102 valence electrons. The third kappa shape index (κ3) is 1.99. The number of hydrogen-bond acceptors (Lipinski definition) is 4. The SMILES string of the molecule is Cc1cc(C2CC(=O)c3c(O)cccc3O2)ccc1O. The molecule has 1 aliphatic heterocycles. The molecule has 0 amide bonds. The number of carbonyl (C=O) groups is 1. The van der Waals surface area contributed by atoms with Crippen molar-refractivity contribution >= 4 is 5.78 Å². The largest absolute Gasteiger partial charge is 0.508 e. The van der Waals surface area contributed by atoms with Crippen LogP contribution in [0.3, 0.4) is 0 Å². The quantitative estimate of drug-likeness (QED) is 0.835. The van der Waals surface area contributed by atoms with Crippen molar-refractivity contribution in [2.75, 3.05) is 0 Å². The van der Waals surface area contributed by atoms with Gasteiger partial charge in [-0.25, -0.2) is 0 Å². The van der Waals surface area contributed by atoms with Gasteiger partial charge in [0.1, 0.15) is 28.9 Å². The van der Waals surface area contributed by atoms with Crippen molar-refractivity contribution in [3.8, 4) is 17.2 Å². The maximum absolute atomic E-state index is 12.2. The van der Waals surface area contributed by atoms with Crippen LogP contribution in [0.15, 0.2) is 36.4 Å². The summed E-state index contributed by atoms with van der Waals surface area (Å²) in [7, 11) is 0. The number of benzene rings is 2. The molecule has 0 aromatic heterocycles. The van der Waals surface area contributed by atoms with Gasteiger partial charge >= 0.3 is 0 Å². The maximum atomic E-state index is 12.2. The average Bonchev–Trinajstić information content (AvgIpc) is 2.41. The predicted molar refractivity (Wildman–Crippen MR) is 73.3 cm³/mol. The molecule has 2 N–H and O–H groups in total. The second kappa shape index (κ2) is 4.56. The van der Waals surface area contributed by atoms with Gasteiger partial charge in [0.2, 0.25) is 0 Å². The predicted octanol–water partition coefficient (Wildman–Crippen LogP) is 3.11. The Morgan fingerprint density at radius 3 is 2.70 bits per heavy atom. The summed E-state index contributed by atoms with van der Waals surface area (Å²) in [6.07, 6.45) is -0.217. The Morgan fingerprint density at radius 2 is 1.95 bits per heavy atom. The molecule has 0 bridgehead atoms. The van der Waals surface area contributed by atoms with Crippen molar-refractivity contribution in [1.82, 2.24) is 0 Å². The van der Waals surface area contributed by atoms with E-state index < -0.39 is 6.10 Å². The molecule has 0 aliphatic carbocycles. The minimum Gasteiger partial charge on any atom is -0.508 e. The molecule has 3 rings (SSSR count). The summed E-state index contributed by atoms with van der Waals surface area (Å²) in [5, 5.41) is 19.3. The number of ether oxygens (including phenoxy) is 1. The number of phenolic OH excluding ortho intramolecular Hbond substituents is 2. The van der Waals surface area contributed by atoms with Crippen LogP contribution in [0.2, 0.25) is 0 Å². The summed E-state index contributed by atoms with van der Waals surface area (Å²) in [5.74, 6) is 0.429. The zero-order valence-electron chi connectivity index (χ0n) is 11.0. The zero-order valence-corrected chi connectivity index (χ0v) is 11.0. The van der Waals surface area contributed by atoms with E-state index in [-0.39, 0.29) is 29.3 Å². The topological polar surface area (TPSA) is 66.8 Å². The van der Waals surface area contributed by atoms with Crippen LogP contribution in [-0.4, -0.2) is 16.0 Å². The van der Waals surface area contributed by atoms with Gasteiger partial charge in [0, 0.05) is 0 Å². The Bertz CT molecular complexity index is 691. The van der Waals surface area contributed by atoms with Crippen LogP contribution in [0, 0.1) is 6.92 Å². The number of phenols is 2. The van der Waals surface area contributed by atoms with Crippen LogP contribution >= 0.6 is 0 Å². The Balaban J connectivity index is 1.99. The normalized spacial score (nSPS) is 17.4. The van der Waals surface area contributed by atoms with Gasteiger partial charge < -0.3 is 14.9 Å². The molecule has 1 atom stereocenters. The maximum Gasteiger partial charge on any atom is 0.174 e. The summed E-state index contributed by atoms with van der Waals surface area (Å²) in [6.45, 7) is 1.79. The lowest BCUT2D eigenvalue weighted by molar-refractivity contribution is 0.0845. The number of rotatable bonds is 1. The lowest BCUT2D eigenvalue weighted by atomic mass is 9.95. The molecular formula is C16H14O4. The summed E-state index contributed by atoms with van der Waals surface area (Å²) in [6, 6.07) is 9.94. The lowest BCUT2D eigenvalue weighted by Gasteiger charge is -2.26. The second-order valence-corrected chi connectivity index (χ2v) is 4.93. The van der Waals surface area contributed by atoms with E-state index >= 15 is 0 Å². The first-order valence-corrected chi connectivity index (χ1v) is 6.37. The molecule has 0 radical (unpaired) electrons. The number of carbonyl (C=O) groups excluding carboxylic acids is 1. The van der Waals surface area contributed by atoms with E-state index in [1.54, 1.807) is 37.3 Å². The van der Waals surface area contributed by atoms with E-state index in [0.29, 0.717) is 5.75 Å². The zero-order chi connectivity index (χ0) is 14.3. The highest BCUT2D eigenvalue weighted by Crippen LogP contribution is 2.39. The van der Waals surface area contributed by atoms with Gasteiger partial charge in [0.15, 0.2) is 5.78 Å². The molecule has 1 unspecified atom stereocenters. The van der Waals surface area contributed by atoms with Gasteiger partial charge in [-0.15, -0.1) is 0 Å². The fourth-order valence-electron chi connectivity index (χ4n) is 2.43. The average molecular weight is 270 g/mol. The molecule has 20 heavy (non-hydrogen) atoms. The van der Waals surface area contributed by atoms with Crippen LogP contribution < -0.4 is 4.74 Å². The van der Waals surface area contributed by atoms with E-state index in [9.17, 15) is 15.0 Å². The van der Waals surface area contributed by atoms with E-state index in [0.717, 1.165) is 11.1 Å². The van der Waals surface area contributed by atoms with Crippen LogP contribution in [0.5, 0.6) is 17.2 Å². The van der Waals surface area contributed by atoms with E-state index in [1.165, 1.54) is 6.07 Å². The highest BCUT2D eigenvalue weighted by Gasteiger charge is 2.29. The Kier molecular flexibility index (Phi) is 2.86. The van der Waals surface area contributed by atoms with Crippen molar-refractivity contribution in [2.45, 2.75) is 19.4 Å². The monoisotopic (exact) mass is 270 g/mol. The fourth-order valence-corrected chi connectivity index (χ4v) is 2.43. The molecule has 4 nitrogen and oxygen atoms in total. The molecule has 0 spiro atoms. The van der Waals surface area contributed by atoms with Crippen LogP contribution in [-0.2, 0) is 0 Å².